The average Bonchev–Trinajstić information content (AvgIpc) is 2.14. The lowest BCUT2D eigenvalue weighted by Gasteiger charge is -2.14. The van der Waals surface area contributed by atoms with Crippen molar-refractivity contribution in [2.45, 2.75) is 26.3 Å². The van der Waals surface area contributed by atoms with Crippen molar-refractivity contribution in [2.24, 2.45) is 5.73 Å². The van der Waals surface area contributed by atoms with Crippen LogP contribution in [0.4, 0.5) is 8.78 Å². The monoisotopic (exact) mass is 251 g/mol. The largest absolute Gasteiger partial charge is 0.487 e. The minimum atomic E-state index is -2.81. The first-order chi connectivity index (χ1) is 6.92. The molecule has 0 saturated heterocycles. The molecule has 1 aromatic rings. The third-order valence-corrected chi connectivity index (χ3v) is 1.96. The number of rotatable bonds is 4. The van der Waals surface area contributed by atoms with Crippen LogP contribution in [-0.4, -0.2) is 12.5 Å². The Morgan fingerprint density at radius 1 is 1.38 bits per heavy atom. The minimum Gasteiger partial charge on any atom is -0.487 e. The highest BCUT2D eigenvalue weighted by atomic mass is 35.5. The maximum atomic E-state index is 12.5. The van der Waals surface area contributed by atoms with Gasteiger partial charge in [0.05, 0.1) is 0 Å². The van der Waals surface area contributed by atoms with Crippen LogP contribution in [0.25, 0.3) is 0 Å². The Balaban J connectivity index is 0.00000225. The molecule has 0 amide bonds. The predicted molar refractivity (Wildman–Crippen MR) is 62.4 cm³/mol. The van der Waals surface area contributed by atoms with Crippen molar-refractivity contribution < 1.29 is 13.5 Å². The van der Waals surface area contributed by atoms with Gasteiger partial charge in [0.2, 0.25) is 0 Å². The van der Waals surface area contributed by atoms with E-state index in [9.17, 15) is 8.78 Å². The van der Waals surface area contributed by atoms with Crippen LogP contribution in [0.5, 0.6) is 5.75 Å². The Morgan fingerprint density at radius 2 is 2.00 bits per heavy atom. The van der Waals surface area contributed by atoms with Crippen molar-refractivity contribution >= 4 is 12.4 Å². The Morgan fingerprint density at radius 3 is 2.44 bits per heavy atom. The second-order valence-electron chi connectivity index (χ2n) is 3.66. The molecule has 0 aliphatic rings. The molecule has 5 heteroatoms. The van der Waals surface area contributed by atoms with E-state index >= 15 is 0 Å². The maximum absolute atomic E-state index is 12.5. The quantitative estimate of drug-likeness (QED) is 0.893. The van der Waals surface area contributed by atoms with E-state index in [1.807, 2.05) is 13.0 Å². The number of ether oxygens (including phenoxy) is 1. The fourth-order valence-electron chi connectivity index (χ4n) is 1.20. The predicted octanol–water partition coefficient (Wildman–Crippen LogP) is 2.91. The normalized spacial score (nSPS) is 10.8. The highest BCUT2D eigenvalue weighted by Gasteiger charge is 2.22. The summed E-state index contributed by atoms with van der Waals surface area (Å²) >= 11 is 0. The lowest BCUT2D eigenvalue weighted by Crippen LogP contribution is -2.21. The van der Waals surface area contributed by atoms with Gasteiger partial charge in [0.15, 0.2) is 6.61 Å². The summed E-state index contributed by atoms with van der Waals surface area (Å²) in [7, 11) is 0. The molecule has 0 unspecified atom stereocenters. The Hall–Kier alpha value is -0.870. The van der Waals surface area contributed by atoms with Gasteiger partial charge in [0.25, 0.3) is 5.92 Å². The first-order valence-electron chi connectivity index (χ1n) is 4.72. The van der Waals surface area contributed by atoms with E-state index in [0.717, 1.165) is 18.1 Å². The van der Waals surface area contributed by atoms with Crippen LogP contribution >= 0.6 is 12.4 Å². The van der Waals surface area contributed by atoms with Crippen molar-refractivity contribution in [1.82, 2.24) is 0 Å². The molecule has 0 aliphatic heterocycles. The molecule has 0 fully saturated rings. The van der Waals surface area contributed by atoms with Gasteiger partial charge in [-0.25, -0.2) is 8.78 Å². The highest BCUT2D eigenvalue weighted by molar-refractivity contribution is 5.85. The van der Waals surface area contributed by atoms with Crippen LogP contribution in [0.3, 0.4) is 0 Å². The van der Waals surface area contributed by atoms with Gasteiger partial charge >= 0.3 is 0 Å². The fraction of sp³-hybridized carbons (Fsp3) is 0.455. The zero-order chi connectivity index (χ0) is 11.5. The molecule has 2 nitrogen and oxygen atoms in total. The molecule has 2 N–H and O–H groups in total. The summed E-state index contributed by atoms with van der Waals surface area (Å²) in [5.74, 6) is -2.33. The summed E-state index contributed by atoms with van der Waals surface area (Å²) in [5, 5.41) is 0. The van der Waals surface area contributed by atoms with Gasteiger partial charge < -0.3 is 10.5 Å². The van der Waals surface area contributed by atoms with Crippen molar-refractivity contribution in [3.05, 3.63) is 29.3 Å². The fourth-order valence-corrected chi connectivity index (χ4v) is 1.20. The first kappa shape index (κ1) is 15.1. The maximum Gasteiger partial charge on any atom is 0.278 e. The van der Waals surface area contributed by atoms with E-state index in [1.165, 1.54) is 0 Å². The zero-order valence-corrected chi connectivity index (χ0v) is 10.1. The Kier molecular flexibility index (Phi) is 5.68. The van der Waals surface area contributed by atoms with E-state index in [0.29, 0.717) is 12.3 Å². The molecular weight excluding hydrogens is 236 g/mol. The standard InChI is InChI=1S/C11H15F2NO.ClH/c1-8-5-9(6-14)3-4-10(8)15-7-11(2,12)13;/h3-5H,6-7,14H2,1-2H3;1H. The Bertz CT molecular complexity index is 339. The molecule has 0 atom stereocenters. The van der Waals surface area contributed by atoms with Crippen molar-refractivity contribution in [3.8, 4) is 5.75 Å². The lowest BCUT2D eigenvalue weighted by molar-refractivity contribution is -0.0231. The molecule has 0 bridgehead atoms. The topological polar surface area (TPSA) is 35.2 Å². The number of halogens is 3. The van der Waals surface area contributed by atoms with E-state index in [4.69, 9.17) is 10.5 Å². The van der Waals surface area contributed by atoms with Gasteiger partial charge in [-0.3, -0.25) is 0 Å². The molecule has 92 valence electrons. The summed E-state index contributed by atoms with van der Waals surface area (Å²) < 4.78 is 30.1. The van der Waals surface area contributed by atoms with Crippen molar-refractivity contribution in [2.75, 3.05) is 6.61 Å². The Labute approximate surface area is 100 Å². The van der Waals surface area contributed by atoms with Crippen LogP contribution in [0.1, 0.15) is 18.1 Å². The van der Waals surface area contributed by atoms with Gasteiger partial charge in [-0.1, -0.05) is 12.1 Å². The molecule has 0 heterocycles. The first-order valence-corrected chi connectivity index (χ1v) is 4.72. The lowest BCUT2D eigenvalue weighted by atomic mass is 10.1. The number of hydrogen-bond acceptors (Lipinski definition) is 2. The summed E-state index contributed by atoms with van der Waals surface area (Å²) in [5.41, 5.74) is 7.23. The molecule has 0 spiro atoms. The molecule has 1 rings (SSSR count). The second-order valence-corrected chi connectivity index (χ2v) is 3.66. The van der Waals surface area contributed by atoms with Gasteiger partial charge in [-0.05, 0) is 24.1 Å². The summed E-state index contributed by atoms with van der Waals surface area (Å²) in [4.78, 5) is 0. The zero-order valence-electron chi connectivity index (χ0n) is 9.30. The molecular formula is C11H16ClF2NO. The minimum absolute atomic E-state index is 0. The number of hydrogen-bond donors (Lipinski definition) is 1. The van der Waals surface area contributed by atoms with Crippen molar-refractivity contribution in [3.63, 3.8) is 0 Å². The SMILES string of the molecule is Cc1cc(CN)ccc1OCC(C)(F)F.Cl. The van der Waals surface area contributed by atoms with Crippen LogP contribution in [0.15, 0.2) is 18.2 Å². The van der Waals surface area contributed by atoms with Crippen molar-refractivity contribution in [1.29, 1.82) is 0 Å². The van der Waals surface area contributed by atoms with E-state index in [1.54, 1.807) is 12.1 Å². The van der Waals surface area contributed by atoms with Crippen LogP contribution in [0.2, 0.25) is 0 Å². The molecule has 16 heavy (non-hydrogen) atoms. The second kappa shape index (κ2) is 6.01. The number of nitrogens with two attached hydrogens (primary N) is 1. The van der Waals surface area contributed by atoms with Crippen LogP contribution in [-0.2, 0) is 6.54 Å². The molecule has 0 aromatic heterocycles. The van der Waals surface area contributed by atoms with E-state index < -0.39 is 12.5 Å². The van der Waals surface area contributed by atoms with Gasteiger partial charge in [-0.2, -0.15) is 0 Å². The van der Waals surface area contributed by atoms with E-state index in [2.05, 4.69) is 0 Å². The van der Waals surface area contributed by atoms with Gasteiger partial charge in [-0.15, -0.1) is 12.4 Å². The molecule has 1 aromatic carbocycles. The third kappa shape index (κ3) is 4.77. The van der Waals surface area contributed by atoms with Crippen LogP contribution < -0.4 is 10.5 Å². The summed E-state index contributed by atoms with van der Waals surface area (Å²) in [6.45, 7) is 2.47. The number of alkyl halides is 2. The van der Waals surface area contributed by atoms with Gasteiger partial charge in [0, 0.05) is 13.5 Å². The molecule has 0 saturated carbocycles. The number of benzene rings is 1. The molecule has 0 aliphatic carbocycles. The smallest absolute Gasteiger partial charge is 0.278 e. The number of aryl methyl sites for hydroxylation is 1. The van der Waals surface area contributed by atoms with Crippen LogP contribution in [0, 0.1) is 6.92 Å². The molecule has 0 radical (unpaired) electrons. The highest BCUT2D eigenvalue weighted by Crippen LogP contribution is 2.21. The summed E-state index contributed by atoms with van der Waals surface area (Å²) in [6.07, 6.45) is 0. The van der Waals surface area contributed by atoms with Gasteiger partial charge in [0.1, 0.15) is 5.75 Å². The summed E-state index contributed by atoms with van der Waals surface area (Å²) in [6, 6.07) is 5.28. The third-order valence-electron chi connectivity index (χ3n) is 1.96. The van der Waals surface area contributed by atoms with E-state index in [-0.39, 0.29) is 12.4 Å². The average molecular weight is 252 g/mol.